The molecule has 0 spiro atoms. The molecule has 6 heteroatoms. The number of carbonyl (C=O) groups excluding carboxylic acids is 2. The Morgan fingerprint density at radius 2 is 1.83 bits per heavy atom. The van der Waals surface area contributed by atoms with Gasteiger partial charge in [0.15, 0.2) is 0 Å². The molecule has 3 amide bonds. The minimum absolute atomic E-state index is 0.0338. The summed E-state index contributed by atoms with van der Waals surface area (Å²) in [6.07, 6.45) is 2.53. The molecule has 0 aromatic heterocycles. The number of amides is 3. The summed E-state index contributed by atoms with van der Waals surface area (Å²) in [4.78, 5) is 27.4. The van der Waals surface area contributed by atoms with Gasteiger partial charge in [-0.2, -0.15) is 0 Å². The molecular weight excluding hydrogens is 309 g/mol. The number of nitrogens with zero attached hydrogens (tertiary/aromatic N) is 2. The van der Waals surface area contributed by atoms with Crippen LogP contribution in [0.25, 0.3) is 0 Å². The molecule has 1 aromatic carbocycles. The van der Waals surface area contributed by atoms with Gasteiger partial charge in [0.25, 0.3) is 0 Å². The largest absolute Gasteiger partial charge is 0.343 e. The van der Waals surface area contributed by atoms with Crippen LogP contribution < -0.4 is 5.32 Å². The summed E-state index contributed by atoms with van der Waals surface area (Å²) in [6.45, 7) is 2.91. The Kier molecular flexibility index (Phi) is 4.73. The van der Waals surface area contributed by atoms with E-state index in [0.717, 1.165) is 24.8 Å². The average Bonchev–Trinajstić information content (AvgIpc) is 3.34. The minimum Gasteiger partial charge on any atom is -0.343 e. The van der Waals surface area contributed by atoms with Crippen LogP contribution in [0.3, 0.4) is 0 Å². The first-order valence-electron chi connectivity index (χ1n) is 8.50. The average molecular weight is 333 g/mol. The van der Waals surface area contributed by atoms with Gasteiger partial charge in [-0.1, -0.05) is 12.1 Å². The summed E-state index contributed by atoms with van der Waals surface area (Å²) >= 11 is 0. The molecule has 1 N–H and O–H groups in total. The number of hydrogen-bond donors (Lipinski definition) is 1. The zero-order valence-electron chi connectivity index (χ0n) is 14.2. The Morgan fingerprint density at radius 3 is 2.42 bits per heavy atom. The first kappa shape index (κ1) is 16.7. The molecule has 2 fully saturated rings. The Morgan fingerprint density at radius 1 is 1.21 bits per heavy atom. The number of carbonyl (C=O) groups is 2. The van der Waals surface area contributed by atoms with Crippen molar-refractivity contribution in [1.82, 2.24) is 15.1 Å². The van der Waals surface area contributed by atoms with E-state index in [1.54, 1.807) is 24.0 Å². The molecule has 1 aliphatic carbocycles. The van der Waals surface area contributed by atoms with Crippen molar-refractivity contribution in [3.8, 4) is 0 Å². The van der Waals surface area contributed by atoms with Gasteiger partial charge < -0.3 is 15.1 Å². The Labute approximate surface area is 141 Å². The van der Waals surface area contributed by atoms with E-state index in [-0.39, 0.29) is 35.8 Å². The van der Waals surface area contributed by atoms with Crippen LogP contribution in [0.2, 0.25) is 0 Å². The Bertz CT molecular complexity index is 611. The first-order valence-corrected chi connectivity index (χ1v) is 8.50. The van der Waals surface area contributed by atoms with Crippen LogP contribution in [0.15, 0.2) is 24.3 Å². The molecule has 5 nitrogen and oxygen atoms in total. The standard InChI is InChI=1S/C18H24FN3O2/c1-12(23)21(2)15-7-9-22(10-8-15)18(24)20-17-11-16(17)13-3-5-14(19)6-4-13/h3-6,15-17H,7-11H2,1-2H3,(H,20,24)/t16-,17+/m0/s1. The zero-order chi connectivity index (χ0) is 17.3. The van der Waals surface area contributed by atoms with Gasteiger partial charge in [0.05, 0.1) is 0 Å². The highest BCUT2D eigenvalue weighted by molar-refractivity contribution is 5.75. The smallest absolute Gasteiger partial charge is 0.317 e. The van der Waals surface area contributed by atoms with E-state index in [1.165, 1.54) is 12.1 Å². The summed E-state index contributed by atoms with van der Waals surface area (Å²) < 4.78 is 13.0. The number of rotatable bonds is 3. The van der Waals surface area contributed by atoms with Crippen LogP contribution >= 0.6 is 0 Å². The van der Waals surface area contributed by atoms with Crippen molar-refractivity contribution >= 4 is 11.9 Å². The number of halogens is 1. The number of nitrogens with one attached hydrogen (secondary N) is 1. The van der Waals surface area contributed by atoms with Crippen LogP contribution in [0.4, 0.5) is 9.18 Å². The van der Waals surface area contributed by atoms with Gasteiger partial charge in [-0.25, -0.2) is 9.18 Å². The molecule has 1 saturated heterocycles. The second kappa shape index (κ2) is 6.79. The van der Waals surface area contributed by atoms with Crippen molar-refractivity contribution < 1.29 is 14.0 Å². The molecule has 1 aromatic rings. The molecule has 0 bridgehead atoms. The maximum atomic E-state index is 13.0. The predicted molar refractivity (Wildman–Crippen MR) is 89.1 cm³/mol. The van der Waals surface area contributed by atoms with Gasteiger partial charge in [-0.3, -0.25) is 4.79 Å². The van der Waals surface area contributed by atoms with Crippen molar-refractivity contribution in [3.05, 3.63) is 35.6 Å². The van der Waals surface area contributed by atoms with Crippen LogP contribution in [0, 0.1) is 5.82 Å². The molecule has 1 aliphatic heterocycles. The van der Waals surface area contributed by atoms with Crippen LogP contribution in [-0.4, -0.2) is 54.0 Å². The van der Waals surface area contributed by atoms with Crippen molar-refractivity contribution in [2.75, 3.05) is 20.1 Å². The molecule has 1 saturated carbocycles. The van der Waals surface area contributed by atoms with Crippen molar-refractivity contribution in [1.29, 1.82) is 0 Å². The van der Waals surface area contributed by atoms with Crippen molar-refractivity contribution in [2.24, 2.45) is 0 Å². The van der Waals surface area contributed by atoms with Crippen molar-refractivity contribution in [3.63, 3.8) is 0 Å². The van der Waals surface area contributed by atoms with Gasteiger partial charge in [0, 0.05) is 45.1 Å². The second-order valence-corrected chi connectivity index (χ2v) is 6.80. The fraction of sp³-hybridized carbons (Fsp3) is 0.556. The maximum Gasteiger partial charge on any atom is 0.317 e. The van der Waals surface area contributed by atoms with E-state index in [4.69, 9.17) is 0 Å². The van der Waals surface area contributed by atoms with Gasteiger partial charge >= 0.3 is 6.03 Å². The topological polar surface area (TPSA) is 52.7 Å². The SMILES string of the molecule is CC(=O)N(C)C1CCN(C(=O)N[C@@H]2C[C@H]2c2ccc(F)cc2)CC1. The maximum absolute atomic E-state index is 13.0. The molecular formula is C18H24FN3O2. The van der Waals surface area contributed by atoms with Crippen LogP contribution in [0.1, 0.15) is 37.7 Å². The molecule has 24 heavy (non-hydrogen) atoms. The molecule has 1 heterocycles. The molecule has 2 aliphatic rings. The number of urea groups is 1. The highest BCUT2D eigenvalue weighted by atomic mass is 19.1. The van der Waals surface area contributed by atoms with E-state index >= 15 is 0 Å². The fourth-order valence-electron chi connectivity index (χ4n) is 3.40. The summed E-state index contributed by atoms with van der Waals surface area (Å²) in [5.74, 6) is 0.118. The Hall–Kier alpha value is -2.11. The van der Waals surface area contributed by atoms with E-state index in [2.05, 4.69) is 5.32 Å². The van der Waals surface area contributed by atoms with E-state index in [1.807, 2.05) is 11.9 Å². The molecule has 2 atom stereocenters. The highest BCUT2D eigenvalue weighted by Crippen LogP contribution is 2.40. The van der Waals surface area contributed by atoms with Crippen LogP contribution in [-0.2, 0) is 4.79 Å². The molecule has 0 unspecified atom stereocenters. The van der Waals surface area contributed by atoms with Gasteiger partial charge in [0.1, 0.15) is 5.82 Å². The number of piperidine rings is 1. The quantitative estimate of drug-likeness (QED) is 0.923. The lowest BCUT2D eigenvalue weighted by Gasteiger charge is -2.36. The number of hydrogen-bond acceptors (Lipinski definition) is 2. The lowest BCUT2D eigenvalue weighted by Crippen LogP contribution is -2.50. The second-order valence-electron chi connectivity index (χ2n) is 6.80. The van der Waals surface area contributed by atoms with Gasteiger partial charge in [0.2, 0.25) is 5.91 Å². The summed E-state index contributed by atoms with van der Waals surface area (Å²) in [5, 5.41) is 3.07. The molecule has 0 radical (unpaired) electrons. The van der Waals surface area contributed by atoms with E-state index in [0.29, 0.717) is 13.1 Å². The summed E-state index contributed by atoms with van der Waals surface area (Å²) in [5.41, 5.74) is 1.07. The third-order valence-corrected chi connectivity index (χ3v) is 5.19. The van der Waals surface area contributed by atoms with Gasteiger partial charge in [-0.15, -0.1) is 0 Å². The lowest BCUT2D eigenvalue weighted by atomic mass is 10.0. The first-order chi connectivity index (χ1) is 11.5. The molecule has 3 rings (SSSR count). The minimum atomic E-state index is -0.238. The predicted octanol–water partition coefficient (Wildman–Crippen LogP) is 2.33. The summed E-state index contributed by atoms with van der Waals surface area (Å²) in [7, 11) is 1.82. The number of benzene rings is 1. The monoisotopic (exact) mass is 333 g/mol. The third-order valence-electron chi connectivity index (χ3n) is 5.19. The normalized spacial score (nSPS) is 23.7. The molecule has 130 valence electrons. The van der Waals surface area contributed by atoms with Crippen molar-refractivity contribution in [2.45, 2.75) is 44.2 Å². The van der Waals surface area contributed by atoms with Crippen LogP contribution in [0.5, 0.6) is 0 Å². The van der Waals surface area contributed by atoms with E-state index < -0.39 is 0 Å². The van der Waals surface area contributed by atoms with E-state index in [9.17, 15) is 14.0 Å². The Balaban J connectivity index is 1.46. The summed E-state index contributed by atoms with van der Waals surface area (Å²) in [6, 6.07) is 6.82. The highest BCUT2D eigenvalue weighted by Gasteiger charge is 2.40. The number of likely N-dealkylation sites (tertiary alicyclic amines) is 1. The third kappa shape index (κ3) is 3.68. The zero-order valence-corrected chi connectivity index (χ0v) is 14.2. The lowest BCUT2D eigenvalue weighted by molar-refractivity contribution is -0.130. The fourth-order valence-corrected chi connectivity index (χ4v) is 3.40. The van der Waals surface area contributed by atoms with Gasteiger partial charge in [-0.05, 0) is 37.0 Å².